The first kappa shape index (κ1) is 14.5. The second-order valence-electron chi connectivity index (χ2n) is 4.71. The van der Waals surface area contributed by atoms with Crippen LogP contribution in [0.4, 0.5) is 11.4 Å². The summed E-state index contributed by atoms with van der Waals surface area (Å²) in [6.45, 7) is 1.98. The minimum absolute atomic E-state index is 0.151. The number of hydrogen-bond donors (Lipinski definition) is 1. The van der Waals surface area contributed by atoms with Crippen molar-refractivity contribution in [3.63, 3.8) is 0 Å². The molecular formula is C15H16BrN3O. The topological polar surface area (TPSA) is 45.2 Å². The number of aryl methyl sites for hydroxylation is 1. The summed E-state index contributed by atoms with van der Waals surface area (Å²) in [4.78, 5) is 18.3. The Morgan fingerprint density at radius 2 is 2.05 bits per heavy atom. The van der Waals surface area contributed by atoms with E-state index >= 15 is 0 Å². The van der Waals surface area contributed by atoms with Crippen LogP contribution in [0.2, 0.25) is 0 Å². The van der Waals surface area contributed by atoms with E-state index in [4.69, 9.17) is 0 Å². The number of nitrogens with one attached hydrogen (secondary N) is 1. The van der Waals surface area contributed by atoms with Gasteiger partial charge in [-0.3, -0.25) is 9.78 Å². The average Bonchev–Trinajstić information content (AvgIpc) is 2.42. The standard InChI is InChI=1S/C15H16BrN3O/c1-10-4-5-11(8-12(10)16)15(20)18-13-9-17-7-6-14(13)19(2)3/h4-9H,1-3H3,(H,18,20). The molecule has 0 unspecified atom stereocenters. The van der Waals surface area contributed by atoms with Crippen LogP contribution in [0.3, 0.4) is 0 Å². The molecule has 0 spiro atoms. The Labute approximate surface area is 127 Å². The predicted molar refractivity (Wildman–Crippen MR) is 85.4 cm³/mol. The summed E-state index contributed by atoms with van der Waals surface area (Å²) in [7, 11) is 3.85. The second-order valence-corrected chi connectivity index (χ2v) is 5.56. The van der Waals surface area contributed by atoms with Crippen LogP contribution in [-0.4, -0.2) is 25.0 Å². The minimum Gasteiger partial charge on any atom is -0.376 e. The Balaban J connectivity index is 2.26. The number of rotatable bonds is 3. The molecule has 0 fully saturated rings. The molecule has 5 heteroatoms. The maximum absolute atomic E-state index is 12.3. The van der Waals surface area contributed by atoms with Crippen LogP contribution in [0.5, 0.6) is 0 Å². The van der Waals surface area contributed by atoms with Crippen molar-refractivity contribution in [2.75, 3.05) is 24.3 Å². The Hall–Kier alpha value is -1.88. The molecule has 2 aromatic rings. The van der Waals surface area contributed by atoms with E-state index in [1.54, 1.807) is 18.5 Å². The van der Waals surface area contributed by atoms with Crippen molar-refractivity contribution in [3.8, 4) is 0 Å². The van der Waals surface area contributed by atoms with Crippen molar-refractivity contribution in [2.45, 2.75) is 6.92 Å². The molecule has 1 N–H and O–H groups in total. The molecule has 1 aromatic carbocycles. The number of hydrogen-bond acceptors (Lipinski definition) is 3. The van der Waals surface area contributed by atoms with Gasteiger partial charge in [-0.05, 0) is 30.7 Å². The van der Waals surface area contributed by atoms with E-state index in [0.29, 0.717) is 11.3 Å². The fraction of sp³-hybridized carbons (Fsp3) is 0.200. The Kier molecular flexibility index (Phi) is 4.39. The molecule has 1 aromatic heterocycles. The number of nitrogens with zero attached hydrogens (tertiary/aromatic N) is 2. The summed E-state index contributed by atoms with van der Waals surface area (Å²) in [5.74, 6) is -0.151. The summed E-state index contributed by atoms with van der Waals surface area (Å²) >= 11 is 3.44. The molecule has 0 atom stereocenters. The lowest BCUT2D eigenvalue weighted by Crippen LogP contribution is -2.17. The predicted octanol–water partition coefficient (Wildman–Crippen LogP) is 3.47. The maximum Gasteiger partial charge on any atom is 0.255 e. The number of halogens is 1. The third-order valence-corrected chi connectivity index (χ3v) is 3.82. The van der Waals surface area contributed by atoms with Crippen molar-refractivity contribution in [3.05, 3.63) is 52.3 Å². The molecule has 20 heavy (non-hydrogen) atoms. The van der Waals surface area contributed by atoms with E-state index in [1.807, 2.05) is 44.1 Å². The fourth-order valence-electron chi connectivity index (χ4n) is 1.80. The number of benzene rings is 1. The van der Waals surface area contributed by atoms with Gasteiger partial charge in [-0.1, -0.05) is 22.0 Å². The normalized spacial score (nSPS) is 10.2. The number of amides is 1. The molecular weight excluding hydrogens is 318 g/mol. The lowest BCUT2D eigenvalue weighted by Gasteiger charge is -2.17. The van der Waals surface area contributed by atoms with Crippen molar-refractivity contribution in [2.24, 2.45) is 0 Å². The second kappa shape index (κ2) is 6.05. The molecule has 0 aliphatic rings. The lowest BCUT2D eigenvalue weighted by molar-refractivity contribution is 0.102. The molecule has 1 heterocycles. The van der Waals surface area contributed by atoms with Crippen LogP contribution in [-0.2, 0) is 0 Å². The highest BCUT2D eigenvalue weighted by molar-refractivity contribution is 9.10. The van der Waals surface area contributed by atoms with Crippen LogP contribution >= 0.6 is 15.9 Å². The van der Waals surface area contributed by atoms with Crippen LogP contribution in [0.25, 0.3) is 0 Å². The van der Waals surface area contributed by atoms with Gasteiger partial charge in [0.1, 0.15) is 0 Å². The number of carbonyl (C=O) groups is 1. The van der Waals surface area contributed by atoms with Gasteiger partial charge >= 0.3 is 0 Å². The van der Waals surface area contributed by atoms with Gasteiger partial charge in [-0.25, -0.2) is 0 Å². The molecule has 0 saturated carbocycles. The molecule has 0 radical (unpaired) electrons. The van der Waals surface area contributed by atoms with Crippen LogP contribution in [0.15, 0.2) is 41.1 Å². The first-order valence-corrected chi connectivity index (χ1v) is 6.97. The van der Waals surface area contributed by atoms with Crippen molar-refractivity contribution < 1.29 is 4.79 Å². The monoisotopic (exact) mass is 333 g/mol. The van der Waals surface area contributed by atoms with E-state index in [2.05, 4.69) is 26.2 Å². The molecule has 2 rings (SSSR count). The highest BCUT2D eigenvalue weighted by Gasteiger charge is 2.11. The van der Waals surface area contributed by atoms with Crippen molar-refractivity contribution in [1.82, 2.24) is 4.98 Å². The summed E-state index contributed by atoms with van der Waals surface area (Å²) < 4.78 is 0.921. The summed E-state index contributed by atoms with van der Waals surface area (Å²) in [6.07, 6.45) is 3.35. The van der Waals surface area contributed by atoms with E-state index in [9.17, 15) is 4.79 Å². The summed E-state index contributed by atoms with van der Waals surface area (Å²) in [5, 5.41) is 2.89. The minimum atomic E-state index is -0.151. The highest BCUT2D eigenvalue weighted by Crippen LogP contribution is 2.24. The van der Waals surface area contributed by atoms with Gasteiger partial charge in [0.05, 0.1) is 17.6 Å². The number of aromatic nitrogens is 1. The van der Waals surface area contributed by atoms with E-state index in [-0.39, 0.29) is 5.91 Å². The van der Waals surface area contributed by atoms with Crippen molar-refractivity contribution in [1.29, 1.82) is 0 Å². The van der Waals surface area contributed by atoms with Crippen LogP contribution in [0.1, 0.15) is 15.9 Å². The van der Waals surface area contributed by atoms with Gasteiger partial charge in [0.2, 0.25) is 0 Å². The molecule has 0 aliphatic carbocycles. The van der Waals surface area contributed by atoms with E-state index in [1.165, 1.54) is 0 Å². The van der Waals surface area contributed by atoms with Gasteiger partial charge in [-0.15, -0.1) is 0 Å². The summed E-state index contributed by atoms with van der Waals surface area (Å²) in [6, 6.07) is 7.40. The van der Waals surface area contributed by atoms with E-state index < -0.39 is 0 Å². The number of anilines is 2. The third kappa shape index (κ3) is 3.17. The third-order valence-electron chi connectivity index (χ3n) is 2.96. The largest absolute Gasteiger partial charge is 0.376 e. The summed E-state index contributed by atoms with van der Waals surface area (Å²) in [5.41, 5.74) is 3.31. The molecule has 4 nitrogen and oxygen atoms in total. The van der Waals surface area contributed by atoms with Gasteiger partial charge in [0.25, 0.3) is 5.91 Å². The number of pyridine rings is 1. The molecule has 0 saturated heterocycles. The fourth-order valence-corrected chi connectivity index (χ4v) is 2.18. The SMILES string of the molecule is Cc1ccc(C(=O)Nc2cnccc2N(C)C)cc1Br. The van der Waals surface area contributed by atoms with Crippen molar-refractivity contribution >= 4 is 33.2 Å². The first-order chi connectivity index (χ1) is 9.49. The van der Waals surface area contributed by atoms with Gasteiger partial charge in [-0.2, -0.15) is 0 Å². The Morgan fingerprint density at radius 3 is 2.70 bits per heavy atom. The van der Waals surface area contributed by atoms with Crippen LogP contribution in [0, 0.1) is 6.92 Å². The van der Waals surface area contributed by atoms with Gasteiger partial charge < -0.3 is 10.2 Å². The zero-order valence-electron chi connectivity index (χ0n) is 11.6. The molecule has 0 bridgehead atoms. The first-order valence-electron chi connectivity index (χ1n) is 6.18. The highest BCUT2D eigenvalue weighted by atomic mass is 79.9. The van der Waals surface area contributed by atoms with Gasteiger partial charge in [0, 0.05) is 30.3 Å². The Morgan fingerprint density at radius 1 is 1.30 bits per heavy atom. The quantitative estimate of drug-likeness (QED) is 0.935. The average molecular weight is 334 g/mol. The zero-order valence-corrected chi connectivity index (χ0v) is 13.2. The maximum atomic E-state index is 12.3. The zero-order chi connectivity index (χ0) is 14.7. The van der Waals surface area contributed by atoms with Gasteiger partial charge in [0.15, 0.2) is 0 Å². The number of carbonyl (C=O) groups excluding carboxylic acids is 1. The molecule has 104 valence electrons. The molecule has 1 amide bonds. The van der Waals surface area contributed by atoms with Crippen LogP contribution < -0.4 is 10.2 Å². The lowest BCUT2D eigenvalue weighted by atomic mass is 10.1. The molecule has 0 aliphatic heterocycles. The Bertz CT molecular complexity index is 641. The smallest absolute Gasteiger partial charge is 0.255 e. The van der Waals surface area contributed by atoms with E-state index in [0.717, 1.165) is 15.7 Å².